The van der Waals surface area contributed by atoms with Crippen LogP contribution in [-0.4, -0.2) is 13.6 Å². The Hall–Kier alpha value is -0.890. The summed E-state index contributed by atoms with van der Waals surface area (Å²) < 4.78 is 12.9. The van der Waals surface area contributed by atoms with Crippen molar-refractivity contribution in [3.05, 3.63) is 35.1 Å². The van der Waals surface area contributed by atoms with Gasteiger partial charge in [-0.2, -0.15) is 0 Å². The average molecular weight is 209 g/mol. The minimum atomic E-state index is -0.148. The third-order valence-corrected chi connectivity index (χ3v) is 3.10. The molecule has 0 aromatic heterocycles. The van der Waals surface area contributed by atoms with Crippen LogP contribution >= 0.6 is 0 Å². The molecule has 0 bridgehead atoms. The Balaban J connectivity index is 2.86. The number of rotatable bonds is 4. The average Bonchev–Trinajstić information content (AvgIpc) is 2.17. The molecule has 2 heteroatoms. The molecular formula is C13H20FN. The first-order valence-corrected chi connectivity index (χ1v) is 5.47. The molecule has 0 radical (unpaired) electrons. The van der Waals surface area contributed by atoms with Crippen LogP contribution in [0, 0.1) is 18.7 Å². The number of aryl methyl sites for hydroxylation is 1. The highest BCUT2D eigenvalue weighted by molar-refractivity contribution is 5.29. The molecule has 2 unspecified atom stereocenters. The lowest BCUT2D eigenvalue weighted by molar-refractivity contribution is 0.464. The highest BCUT2D eigenvalue weighted by Gasteiger charge is 2.15. The Morgan fingerprint density at radius 1 is 1.33 bits per heavy atom. The van der Waals surface area contributed by atoms with Crippen LogP contribution in [0.1, 0.15) is 30.9 Å². The van der Waals surface area contributed by atoms with Gasteiger partial charge in [-0.25, -0.2) is 4.39 Å². The quantitative estimate of drug-likeness (QED) is 0.803. The molecule has 1 N–H and O–H groups in total. The van der Waals surface area contributed by atoms with Gasteiger partial charge in [-0.1, -0.05) is 19.9 Å². The molecule has 0 fully saturated rings. The third-order valence-electron chi connectivity index (χ3n) is 3.10. The van der Waals surface area contributed by atoms with Crippen LogP contribution in [0.4, 0.5) is 4.39 Å². The zero-order chi connectivity index (χ0) is 11.4. The summed E-state index contributed by atoms with van der Waals surface area (Å²) in [5.74, 6) is 0.863. The molecule has 0 saturated carbocycles. The molecule has 0 heterocycles. The predicted octanol–water partition coefficient (Wildman–Crippen LogP) is 3.09. The van der Waals surface area contributed by atoms with E-state index >= 15 is 0 Å². The van der Waals surface area contributed by atoms with Gasteiger partial charge in [0.25, 0.3) is 0 Å². The predicted molar refractivity (Wildman–Crippen MR) is 62.6 cm³/mol. The van der Waals surface area contributed by atoms with E-state index in [2.05, 4.69) is 19.2 Å². The first-order chi connectivity index (χ1) is 7.06. The van der Waals surface area contributed by atoms with Gasteiger partial charge < -0.3 is 5.32 Å². The maximum absolute atomic E-state index is 12.9. The molecule has 1 aromatic rings. The first kappa shape index (κ1) is 12.2. The maximum atomic E-state index is 12.9. The molecule has 0 spiro atoms. The van der Waals surface area contributed by atoms with Crippen molar-refractivity contribution in [3.8, 4) is 0 Å². The highest BCUT2D eigenvalue weighted by atomic mass is 19.1. The number of hydrogen-bond donors (Lipinski definition) is 1. The van der Waals surface area contributed by atoms with Crippen LogP contribution < -0.4 is 5.32 Å². The van der Waals surface area contributed by atoms with Gasteiger partial charge in [-0.05, 0) is 55.6 Å². The molecule has 0 aliphatic heterocycles. The van der Waals surface area contributed by atoms with E-state index in [9.17, 15) is 4.39 Å². The second-order valence-corrected chi connectivity index (χ2v) is 4.32. The van der Waals surface area contributed by atoms with E-state index < -0.39 is 0 Å². The van der Waals surface area contributed by atoms with E-state index in [0.29, 0.717) is 11.8 Å². The van der Waals surface area contributed by atoms with Crippen molar-refractivity contribution >= 4 is 0 Å². The fraction of sp³-hybridized carbons (Fsp3) is 0.538. The van der Waals surface area contributed by atoms with Crippen molar-refractivity contribution in [2.24, 2.45) is 5.92 Å². The van der Waals surface area contributed by atoms with Gasteiger partial charge in [-0.3, -0.25) is 0 Å². The van der Waals surface area contributed by atoms with E-state index in [0.717, 1.165) is 12.1 Å². The second kappa shape index (κ2) is 5.26. The summed E-state index contributed by atoms with van der Waals surface area (Å²) in [6, 6.07) is 5.06. The Morgan fingerprint density at radius 3 is 2.53 bits per heavy atom. The van der Waals surface area contributed by atoms with Crippen molar-refractivity contribution in [1.29, 1.82) is 0 Å². The third kappa shape index (κ3) is 3.03. The summed E-state index contributed by atoms with van der Waals surface area (Å²) in [4.78, 5) is 0. The molecule has 0 saturated heterocycles. The summed E-state index contributed by atoms with van der Waals surface area (Å²) in [7, 11) is 1.96. The van der Waals surface area contributed by atoms with Crippen LogP contribution in [0.3, 0.4) is 0 Å². The largest absolute Gasteiger partial charge is 0.319 e. The van der Waals surface area contributed by atoms with Gasteiger partial charge >= 0.3 is 0 Å². The lowest BCUT2D eigenvalue weighted by Crippen LogP contribution is -2.21. The minimum absolute atomic E-state index is 0.148. The lowest BCUT2D eigenvalue weighted by Gasteiger charge is -2.21. The monoisotopic (exact) mass is 209 g/mol. The summed E-state index contributed by atoms with van der Waals surface area (Å²) in [6.45, 7) is 7.37. The molecule has 0 amide bonds. The topological polar surface area (TPSA) is 12.0 Å². The Labute approximate surface area is 91.7 Å². The van der Waals surface area contributed by atoms with Crippen LogP contribution in [0.2, 0.25) is 0 Å². The van der Waals surface area contributed by atoms with E-state index in [4.69, 9.17) is 0 Å². The van der Waals surface area contributed by atoms with Crippen LogP contribution in [0.25, 0.3) is 0 Å². The molecule has 1 nitrogen and oxygen atoms in total. The molecule has 0 aliphatic carbocycles. The van der Waals surface area contributed by atoms with Crippen LogP contribution in [-0.2, 0) is 0 Å². The van der Waals surface area contributed by atoms with Crippen LogP contribution in [0.15, 0.2) is 18.2 Å². The van der Waals surface area contributed by atoms with Gasteiger partial charge in [0, 0.05) is 0 Å². The van der Waals surface area contributed by atoms with Gasteiger partial charge in [0.2, 0.25) is 0 Å². The van der Waals surface area contributed by atoms with E-state index in [1.165, 1.54) is 5.56 Å². The van der Waals surface area contributed by atoms with Crippen molar-refractivity contribution in [2.45, 2.75) is 26.7 Å². The van der Waals surface area contributed by atoms with Crippen molar-refractivity contribution in [2.75, 3.05) is 13.6 Å². The molecule has 1 aromatic carbocycles. The zero-order valence-corrected chi connectivity index (χ0v) is 9.97. The number of halogens is 1. The minimum Gasteiger partial charge on any atom is -0.319 e. The molecule has 1 rings (SSSR count). The summed E-state index contributed by atoms with van der Waals surface area (Å²) in [6.07, 6.45) is 0. The fourth-order valence-electron chi connectivity index (χ4n) is 1.96. The van der Waals surface area contributed by atoms with E-state index in [1.54, 1.807) is 12.1 Å². The van der Waals surface area contributed by atoms with E-state index in [1.807, 2.05) is 20.0 Å². The van der Waals surface area contributed by atoms with Crippen molar-refractivity contribution in [3.63, 3.8) is 0 Å². The zero-order valence-electron chi connectivity index (χ0n) is 9.97. The first-order valence-electron chi connectivity index (χ1n) is 5.47. The fourth-order valence-corrected chi connectivity index (χ4v) is 1.96. The van der Waals surface area contributed by atoms with Gasteiger partial charge in [0.15, 0.2) is 0 Å². The molecule has 84 valence electrons. The van der Waals surface area contributed by atoms with Gasteiger partial charge in [-0.15, -0.1) is 0 Å². The molecule has 15 heavy (non-hydrogen) atoms. The number of hydrogen-bond acceptors (Lipinski definition) is 1. The van der Waals surface area contributed by atoms with Gasteiger partial charge in [0.05, 0.1) is 0 Å². The SMILES string of the molecule is CNCC(C)C(C)c1ccc(F)cc1C. The standard InChI is InChI=1S/C13H20FN/c1-9-7-12(14)5-6-13(9)11(3)10(2)8-15-4/h5-7,10-11,15H,8H2,1-4H3. The smallest absolute Gasteiger partial charge is 0.123 e. The van der Waals surface area contributed by atoms with E-state index in [-0.39, 0.29) is 5.82 Å². The van der Waals surface area contributed by atoms with Crippen molar-refractivity contribution < 1.29 is 4.39 Å². The molecule has 0 aliphatic rings. The summed E-state index contributed by atoms with van der Waals surface area (Å²) >= 11 is 0. The normalized spacial score (nSPS) is 15.0. The Kier molecular flexibility index (Phi) is 4.28. The molecule has 2 atom stereocenters. The van der Waals surface area contributed by atoms with Crippen LogP contribution in [0.5, 0.6) is 0 Å². The lowest BCUT2D eigenvalue weighted by atomic mass is 9.86. The molecular weight excluding hydrogens is 189 g/mol. The van der Waals surface area contributed by atoms with Gasteiger partial charge in [0.1, 0.15) is 5.82 Å². The Bertz CT molecular complexity index is 322. The highest BCUT2D eigenvalue weighted by Crippen LogP contribution is 2.26. The Morgan fingerprint density at radius 2 is 2.00 bits per heavy atom. The summed E-state index contributed by atoms with van der Waals surface area (Å²) in [5.41, 5.74) is 2.30. The van der Waals surface area contributed by atoms with Crippen molar-refractivity contribution in [1.82, 2.24) is 5.32 Å². The second-order valence-electron chi connectivity index (χ2n) is 4.32. The number of benzene rings is 1. The summed E-state index contributed by atoms with van der Waals surface area (Å²) in [5, 5.41) is 3.17. The number of nitrogens with one attached hydrogen (secondary N) is 1. The maximum Gasteiger partial charge on any atom is 0.123 e.